The number of anilines is 2. The van der Waals surface area contributed by atoms with Crippen molar-refractivity contribution in [3.05, 3.63) is 52.5 Å². The average Bonchev–Trinajstić information content (AvgIpc) is 2.52. The number of benzene rings is 2. The Labute approximate surface area is 151 Å². The summed E-state index contributed by atoms with van der Waals surface area (Å²) >= 11 is 3.45. The predicted molar refractivity (Wildman–Crippen MR) is 103 cm³/mol. The molecule has 128 valence electrons. The Hall–Kier alpha value is -2.01. The van der Waals surface area contributed by atoms with Crippen LogP contribution in [0.5, 0.6) is 5.75 Å². The number of rotatable bonds is 7. The van der Waals surface area contributed by atoms with E-state index in [2.05, 4.69) is 26.6 Å². The fourth-order valence-electron chi connectivity index (χ4n) is 2.19. The molecular weight excluding hydrogens is 368 g/mol. The molecule has 2 rings (SSSR count). The van der Waals surface area contributed by atoms with E-state index in [1.807, 2.05) is 63.2 Å². The number of amides is 1. The molecule has 0 saturated carbocycles. The molecule has 0 heterocycles. The van der Waals surface area contributed by atoms with Gasteiger partial charge in [-0.1, -0.05) is 15.9 Å². The van der Waals surface area contributed by atoms with E-state index in [1.165, 1.54) is 0 Å². The van der Waals surface area contributed by atoms with Crippen LogP contribution in [0.1, 0.15) is 25.8 Å². The van der Waals surface area contributed by atoms with Crippen molar-refractivity contribution in [2.75, 3.05) is 17.2 Å². The summed E-state index contributed by atoms with van der Waals surface area (Å²) in [5.41, 5.74) is 2.88. The minimum absolute atomic E-state index is 0.0102. The molecule has 0 saturated heterocycles. The zero-order valence-corrected chi connectivity index (χ0v) is 15.8. The van der Waals surface area contributed by atoms with Crippen LogP contribution in [-0.2, 0) is 4.79 Å². The standard InChI is InChI=1S/C19H23BrN2O2/c1-13(2)24-17-7-4-15(5-8-17)21-11-10-19(23)22-16-6-9-18(20)14(3)12-16/h4-9,12-13,21H,10-11H2,1-3H3,(H,22,23). The third-order valence-electron chi connectivity index (χ3n) is 3.35. The van der Waals surface area contributed by atoms with Crippen LogP contribution in [0.4, 0.5) is 11.4 Å². The number of halogens is 1. The topological polar surface area (TPSA) is 50.4 Å². The highest BCUT2D eigenvalue weighted by atomic mass is 79.9. The molecule has 1 amide bonds. The van der Waals surface area contributed by atoms with E-state index in [1.54, 1.807) is 0 Å². The minimum Gasteiger partial charge on any atom is -0.491 e. The van der Waals surface area contributed by atoms with Crippen molar-refractivity contribution >= 4 is 33.2 Å². The van der Waals surface area contributed by atoms with Gasteiger partial charge in [-0.05, 0) is 68.8 Å². The molecule has 0 radical (unpaired) electrons. The van der Waals surface area contributed by atoms with Crippen molar-refractivity contribution in [2.24, 2.45) is 0 Å². The van der Waals surface area contributed by atoms with Gasteiger partial charge < -0.3 is 15.4 Å². The molecule has 0 aliphatic heterocycles. The van der Waals surface area contributed by atoms with Crippen molar-refractivity contribution in [2.45, 2.75) is 33.3 Å². The Morgan fingerprint density at radius 2 is 1.79 bits per heavy atom. The van der Waals surface area contributed by atoms with Crippen molar-refractivity contribution in [3.8, 4) is 5.75 Å². The van der Waals surface area contributed by atoms with Gasteiger partial charge in [-0.2, -0.15) is 0 Å². The summed E-state index contributed by atoms with van der Waals surface area (Å²) in [4.78, 5) is 12.0. The zero-order chi connectivity index (χ0) is 17.5. The average molecular weight is 391 g/mol. The molecular formula is C19H23BrN2O2. The number of aryl methyl sites for hydroxylation is 1. The number of hydrogen-bond acceptors (Lipinski definition) is 3. The van der Waals surface area contributed by atoms with Gasteiger partial charge in [0, 0.05) is 28.8 Å². The fraction of sp³-hybridized carbons (Fsp3) is 0.316. The Kier molecular flexibility index (Phi) is 6.67. The summed E-state index contributed by atoms with van der Waals surface area (Å²) in [5, 5.41) is 6.15. The van der Waals surface area contributed by atoms with Crippen LogP contribution < -0.4 is 15.4 Å². The fourth-order valence-corrected chi connectivity index (χ4v) is 2.44. The van der Waals surface area contributed by atoms with Gasteiger partial charge in [0.1, 0.15) is 5.75 Å². The molecule has 0 aliphatic rings. The number of carbonyl (C=O) groups excluding carboxylic acids is 1. The van der Waals surface area contributed by atoms with E-state index in [0.29, 0.717) is 13.0 Å². The molecule has 0 atom stereocenters. The third kappa shape index (κ3) is 5.89. The predicted octanol–water partition coefficient (Wildman–Crippen LogP) is 4.99. The van der Waals surface area contributed by atoms with Gasteiger partial charge in [0.05, 0.1) is 6.10 Å². The van der Waals surface area contributed by atoms with E-state index in [4.69, 9.17) is 4.74 Å². The zero-order valence-electron chi connectivity index (χ0n) is 14.2. The highest BCUT2D eigenvalue weighted by Gasteiger charge is 2.04. The van der Waals surface area contributed by atoms with Crippen LogP contribution in [0, 0.1) is 6.92 Å². The summed E-state index contributed by atoms with van der Waals surface area (Å²) in [6.45, 7) is 6.56. The first-order chi connectivity index (χ1) is 11.4. The molecule has 0 fully saturated rings. The molecule has 24 heavy (non-hydrogen) atoms. The number of hydrogen-bond donors (Lipinski definition) is 2. The Balaban J connectivity index is 1.76. The maximum atomic E-state index is 12.0. The minimum atomic E-state index is -0.0102. The second kappa shape index (κ2) is 8.73. The number of ether oxygens (including phenoxy) is 1. The summed E-state index contributed by atoms with van der Waals surface area (Å²) in [7, 11) is 0. The second-order valence-corrected chi connectivity index (χ2v) is 6.73. The van der Waals surface area contributed by atoms with E-state index < -0.39 is 0 Å². The quantitative estimate of drug-likeness (QED) is 0.700. The first-order valence-electron chi connectivity index (χ1n) is 8.00. The van der Waals surface area contributed by atoms with Crippen molar-refractivity contribution in [1.82, 2.24) is 0 Å². The van der Waals surface area contributed by atoms with Crippen molar-refractivity contribution in [1.29, 1.82) is 0 Å². The molecule has 5 heteroatoms. The Morgan fingerprint density at radius 1 is 1.12 bits per heavy atom. The maximum Gasteiger partial charge on any atom is 0.226 e. The first-order valence-corrected chi connectivity index (χ1v) is 8.80. The molecule has 0 aromatic heterocycles. The lowest BCUT2D eigenvalue weighted by Crippen LogP contribution is -2.16. The van der Waals surface area contributed by atoms with E-state index in [9.17, 15) is 4.79 Å². The highest BCUT2D eigenvalue weighted by Crippen LogP contribution is 2.20. The SMILES string of the molecule is Cc1cc(NC(=O)CCNc2ccc(OC(C)C)cc2)ccc1Br. The summed E-state index contributed by atoms with van der Waals surface area (Å²) in [5.74, 6) is 0.836. The molecule has 4 nitrogen and oxygen atoms in total. The number of nitrogens with one attached hydrogen (secondary N) is 2. The number of carbonyl (C=O) groups is 1. The van der Waals surface area contributed by atoms with E-state index in [0.717, 1.165) is 27.2 Å². The normalized spacial score (nSPS) is 10.5. The second-order valence-electron chi connectivity index (χ2n) is 5.88. The monoisotopic (exact) mass is 390 g/mol. The van der Waals surface area contributed by atoms with Gasteiger partial charge in [0.15, 0.2) is 0 Å². The van der Waals surface area contributed by atoms with Crippen molar-refractivity contribution in [3.63, 3.8) is 0 Å². The molecule has 0 aliphatic carbocycles. The lowest BCUT2D eigenvalue weighted by atomic mass is 10.2. The van der Waals surface area contributed by atoms with Crippen LogP contribution in [0.3, 0.4) is 0 Å². The van der Waals surface area contributed by atoms with Gasteiger partial charge in [0.2, 0.25) is 5.91 Å². The summed E-state index contributed by atoms with van der Waals surface area (Å²) < 4.78 is 6.64. The van der Waals surface area contributed by atoms with E-state index >= 15 is 0 Å². The van der Waals surface area contributed by atoms with Crippen LogP contribution in [0.25, 0.3) is 0 Å². The van der Waals surface area contributed by atoms with E-state index in [-0.39, 0.29) is 12.0 Å². The van der Waals surface area contributed by atoms with Gasteiger partial charge in [0.25, 0.3) is 0 Å². The molecule has 0 spiro atoms. The maximum absolute atomic E-state index is 12.0. The van der Waals surface area contributed by atoms with Gasteiger partial charge in [-0.15, -0.1) is 0 Å². The smallest absolute Gasteiger partial charge is 0.226 e. The van der Waals surface area contributed by atoms with Crippen LogP contribution in [-0.4, -0.2) is 18.6 Å². The van der Waals surface area contributed by atoms with Crippen LogP contribution >= 0.6 is 15.9 Å². The highest BCUT2D eigenvalue weighted by molar-refractivity contribution is 9.10. The van der Waals surface area contributed by atoms with Gasteiger partial charge in [-0.3, -0.25) is 4.79 Å². The summed E-state index contributed by atoms with van der Waals surface area (Å²) in [6, 6.07) is 13.5. The summed E-state index contributed by atoms with van der Waals surface area (Å²) in [6.07, 6.45) is 0.564. The Morgan fingerprint density at radius 3 is 2.42 bits per heavy atom. The largest absolute Gasteiger partial charge is 0.491 e. The van der Waals surface area contributed by atoms with Gasteiger partial charge >= 0.3 is 0 Å². The first kappa shape index (κ1) is 18.3. The molecule has 0 bridgehead atoms. The van der Waals surface area contributed by atoms with Gasteiger partial charge in [-0.25, -0.2) is 0 Å². The van der Waals surface area contributed by atoms with Crippen LogP contribution in [0.2, 0.25) is 0 Å². The molecule has 2 aromatic rings. The molecule has 0 unspecified atom stereocenters. The lowest BCUT2D eigenvalue weighted by Gasteiger charge is -2.11. The van der Waals surface area contributed by atoms with Crippen molar-refractivity contribution < 1.29 is 9.53 Å². The molecule has 2 aromatic carbocycles. The third-order valence-corrected chi connectivity index (χ3v) is 4.24. The molecule has 2 N–H and O–H groups in total. The lowest BCUT2D eigenvalue weighted by molar-refractivity contribution is -0.115. The van der Waals surface area contributed by atoms with Crippen LogP contribution in [0.15, 0.2) is 46.9 Å². The Bertz CT molecular complexity index is 684.